The number of hydrogen-bond acceptors (Lipinski definition) is 3. The Bertz CT molecular complexity index is 533. The maximum atomic E-state index is 12.6. The van der Waals surface area contributed by atoms with Gasteiger partial charge in [0.1, 0.15) is 4.60 Å². The predicted molar refractivity (Wildman–Crippen MR) is 89.9 cm³/mol. The first-order valence-corrected chi connectivity index (χ1v) is 8.06. The number of nitrogens with zero attached hydrogens (tertiary/aromatic N) is 2. The van der Waals surface area contributed by atoms with Gasteiger partial charge in [-0.1, -0.05) is 25.8 Å². The molecular formula is C16H24BrN3O. The molecule has 0 saturated heterocycles. The molecule has 0 aromatic carbocycles. The fourth-order valence-corrected chi connectivity index (χ4v) is 2.12. The van der Waals surface area contributed by atoms with Crippen LogP contribution in [0.4, 0.5) is 0 Å². The molecule has 1 heterocycles. The van der Waals surface area contributed by atoms with Gasteiger partial charge in [-0.15, -0.1) is 0 Å². The number of carbonyl (C=O) groups is 1. The van der Waals surface area contributed by atoms with Crippen molar-refractivity contribution in [2.75, 3.05) is 0 Å². The molecule has 0 radical (unpaired) electrons. The van der Waals surface area contributed by atoms with Gasteiger partial charge < -0.3 is 5.32 Å². The van der Waals surface area contributed by atoms with Crippen molar-refractivity contribution in [2.45, 2.75) is 59.4 Å². The Balaban J connectivity index is 3.16. The monoisotopic (exact) mass is 353 g/mol. The fraction of sp³-hybridized carbons (Fsp3) is 0.562. The van der Waals surface area contributed by atoms with Crippen LogP contribution in [0.5, 0.6) is 0 Å². The quantitative estimate of drug-likeness (QED) is 0.641. The van der Waals surface area contributed by atoms with Gasteiger partial charge in [0.05, 0.1) is 23.2 Å². The number of rotatable bonds is 5. The van der Waals surface area contributed by atoms with Gasteiger partial charge in [0.15, 0.2) is 0 Å². The number of amides is 1. The summed E-state index contributed by atoms with van der Waals surface area (Å²) in [5, 5.41) is 3.00. The minimum Gasteiger partial charge on any atom is -0.347 e. The number of halogens is 1. The second-order valence-electron chi connectivity index (χ2n) is 6.09. The zero-order valence-corrected chi connectivity index (χ0v) is 15.0. The van der Waals surface area contributed by atoms with Crippen LogP contribution in [-0.4, -0.2) is 21.4 Å². The summed E-state index contributed by atoms with van der Waals surface area (Å²) < 4.78 is 0.632. The molecule has 5 heteroatoms. The van der Waals surface area contributed by atoms with Crippen molar-refractivity contribution < 1.29 is 4.79 Å². The van der Waals surface area contributed by atoms with E-state index in [2.05, 4.69) is 38.1 Å². The van der Waals surface area contributed by atoms with Crippen molar-refractivity contribution in [3.05, 3.63) is 28.3 Å². The highest BCUT2D eigenvalue weighted by molar-refractivity contribution is 9.10. The number of nitrogens with one attached hydrogen (secondary N) is 1. The van der Waals surface area contributed by atoms with E-state index in [1.54, 1.807) is 6.20 Å². The molecule has 1 rings (SSSR count). The van der Waals surface area contributed by atoms with Crippen LogP contribution in [0.1, 0.15) is 58.3 Å². The molecule has 0 unspecified atom stereocenters. The van der Waals surface area contributed by atoms with Crippen LogP contribution in [0.3, 0.4) is 0 Å². The second kappa shape index (κ2) is 7.69. The second-order valence-corrected chi connectivity index (χ2v) is 6.90. The van der Waals surface area contributed by atoms with Crippen molar-refractivity contribution in [3.8, 4) is 0 Å². The zero-order valence-electron chi connectivity index (χ0n) is 13.5. The first kappa shape index (κ1) is 17.8. The lowest BCUT2D eigenvalue weighted by Gasteiger charge is -2.22. The first-order valence-electron chi connectivity index (χ1n) is 7.26. The van der Waals surface area contributed by atoms with Crippen molar-refractivity contribution in [3.63, 3.8) is 0 Å². The van der Waals surface area contributed by atoms with Crippen LogP contribution < -0.4 is 5.32 Å². The van der Waals surface area contributed by atoms with E-state index in [1.807, 2.05) is 33.8 Å². The average Bonchev–Trinajstić information content (AvgIpc) is 2.36. The van der Waals surface area contributed by atoms with Gasteiger partial charge in [0, 0.05) is 5.54 Å². The highest BCUT2D eigenvalue weighted by Crippen LogP contribution is 2.20. The van der Waals surface area contributed by atoms with E-state index in [0.29, 0.717) is 15.9 Å². The molecule has 4 nitrogen and oxygen atoms in total. The van der Waals surface area contributed by atoms with Gasteiger partial charge in [0.2, 0.25) is 0 Å². The number of unbranched alkanes of at least 4 members (excludes halogenated alkanes) is 2. The van der Waals surface area contributed by atoms with E-state index < -0.39 is 0 Å². The predicted octanol–water partition coefficient (Wildman–Crippen LogP) is 4.04. The van der Waals surface area contributed by atoms with Crippen LogP contribution in [0.2, 0.25) is 0 Å². The lowest BCUT2D eigenvalue weighted by molar-refractivity contribution is -0.116. The molecule has 1 aromatic heterocycles. The summed E-state index contributed by atoms with van der Waals surface area (Å²) in [4.78, 5) is 21.3. The number of hydrogen-bond donors (Lipinski definition) is 1. The molecule has 116 valence electrons. The molecule has 21 heavy (non-hydrogen) atoms. The molecule has 0 bridgehead atoms. The Morgan fingerprint density at radius 2 is 2.10 bits per heavy atom. The highest BCUT2D eigenvalue weighted by atomic mass is 79.9. The van der Waals surface area contributed by atoms with Crippen LogP contribution in [0.15, 0.2) is 16.9 Å². The molecule has 0 aliphatic carbocycles. The van der Waals surface area contributed by atoms with Crippen molar-refractivity contribution in [1.29, 1.82) is 0 Å². The summed E-state index contributed by atoms with van der Waals surface area (Å²) in [6, 6.07) is 0. The number of aryl methyl sites for hydroxylation is 1. The van der Waals surface area contributed by atoms with Gasteiger partial charge in [-0.05, 0) is 50.0 Å². The maximum absolute atomic E-state index is 12.6. The van der Waals surface area contributed by atoms with E-state index in [1.165, 1.54) is 0 Å². The van der Waals surface area contributed by atoms with Gasteiger partial charge in [0.25, 0.3) is 5.91 Å². The molecule has 1 N–H and O–H groups in total. The van der Waals surface area contributed by atoms with Gasteiger partial charge in [-0.25, -0.2) is 4.98 Å². The molecule has 1 amide bonds. The summed E-state index contributed by atoms with van der Waals surface area (Å²) >= 11 is 3.32. The Kier molecular flexibility index (Phi) is 6.52. The van der Waals surface area contributed by atoms with E-state index in [4.69, 9.17) is 0 Å². The molecule has 0 saturated carbocycles. The normalized spacial score (nSPS) is 12.4. The Morgan fingerprint density at radius 3 is 2.67 bits per heavy atom. The van der Waals surface area contributed by atoms with Crippen LogP contribution in [0, 0.1) is 6.92 Å². The Morgan fingerprint density at radius 1 is 1.43 bits per heavy atom. The molecule has 0 spiro atoms. The third-order valence-electron chi connectivity index (χ3n) is 2.82. The van der Waals surface area contributed by atoms with E-state index in [-0.39, 0.29) is 11.4 Å². The highest BCUT2D eigenvalue weighted by Gasteiger charge is 2.21. The number of allylic oxidation sites excluding steroid dienone is 1. The van der Waals surface area contributed by atoms with Crippen molar-refractivity contribution >= 4 is 27.4 Å². The summed E-state index contributed by atoms with van der Waals surface area (Å²) in [6.45, 7) is 9.90. The largest absolute Gasteiger partial charge is 0.347 e. The fourth-order valence-electron chi connectivity index (χ4n) is 1.84. The van der Waals surface area contributed by atoms with Crippen molar-refractivity contribution in [2.24, 2.45) is 0 Å². The Hall–Kier alpha value is -1.23. The van der Waals surface area contributed by atoms with Gasteiger partial charge >= 0.3 is 0 Å². The topological polar surface area (TPSA) is 54.9 Å². The van der Waals surface area contributed by atoms with Gasteiger partial charge in [-0.3, -0.25) is 9.78 Å². The molecule has 1 aromatic rings. The van der Waals surface area contributed by atoms with E-state index in [9.17, 15) is 4.79 Å². The molecule has 0 atom stereocenters. The summed E-state index contributed by atoms with van der Waals surface area (Å²) in [5.41, 5.74) is 1.71. The van der Waals surface area contributed by atoms with Crippen LogP contribution in [-0.2, 0) is 4.79 Å². The lowest BCUT2D eigenvalue weighted by atomic mass is 10.0. The summed E-state index contributed by atoms with van der Waals surface area (Å²) in [7, 11) is 0. The van der Waals surface area contributed by atoms with E-state index in [0.717, 1.165) is 25.0 Å². The minimum absolute atomic E-state index is 0.103. The average molecular weight is 354 g/mol. The number of carbonyl (C=O) groups excluding carboxylic acids is 1. The van der Waals surface area contributed by atoms with Crippen molar-refractivity contribution in [1.82, 2.24) is 15.3 Å². The zero-order chi connectivity index (χ0) is 16.0. The van der Waals surface area contributed by atoms with Gasteiger partial charge in [-0.2, -0.15) is 0 Å². The molecular weight excluding hydrogens is 330 g/mol. The summed E-state index contributed by atoms with van der Waals surface area (Å²) in [6.07, 6.45) is 6.61. The SMILES string of the molecule is CCCCC=C(C(=O)NC(C)(C)C)c1nc(Br)cnc1C. The van der Waals surface area contributed by atoms with Crippen LogP contribution in [0.25, 0.3) is 5.57 Å². The third-order valence-corrected chi connectivity index (χ3v) is 3.20. The number of aromatic nitrogens is 2. The lowest BCUT2D eigenvalue weighted by Crippen LogP contribution is -2.41. The molecule has 0 aliphatic rings. The Labute approximate surface area is 135 Å². The third kappa shape index (κ3) is 5.96. The molecule has 0 aliphatic heterocycles. The standard InChI is InChI=1S/C16H24BrN3O/c1-6-7-8-9-12(15(21)20-16(3,4)5)14-11(2)18-10-13(17)19-14/h9-10H,6-8H2,1-5H3,(H,20,21). The maximum Gasteiger partial charge on any atom is 0.253 e. The first-order chi connectivity index (χ1) is 9.74. The minimum atomic E-state index is -0.283. The molecule has 0 fully saturated rings. The summed E-state index contributed by atoms with van der Waals surface area (Å²) in [5.74, 6) is -0.103. The van der Waals surface area contributed by atoms with Crippen LogP contribution >= 0.6 is 15.9 Å². The van der Waals surface area contributed by atoms with E-state index >= 15 is 0 Å². The smallest absolute Gasteiger partial charge is 0.253 e.